The molecule has 88 valence electrons. The Labute approximate surface area is 94.4 Å². The summed E-state index contributed by atoms with van der Waals surface area (Å²) in [5.74, 6) is 0.491. The van der Waals surface area contributed by atoms with E-state index in [2.05, 4.69) is 20.9 Å². The molecule has 1 fully saturated rings. The Balaban J connectivity index is 1.55. The maximum Gasteiger partial charge on any atom is 0.223 e. The summed E-state index contributed by atoms with van der Waals surface area (Å²) in [5, 5.41) is 13.7. The molecule has 1 aliphatic carbocycles. The van der Waals surface area contributed by atoms with Gasteiger partial charge in [-0.15, -0.1) is 5.10 Å². The van der Waals surface area contributed by atoms with E-state index in [1.54, 1.807) is 10.9 Å². The molecule has 2 rings (SSSR count). The van der Waals surface area contributed by atoms with E-state index in [4.69, 9.17) is 0 Å². The first kappa shape index (κ1) is 11.1. The maximum absolute atomic E-state index is 11.3. The van der Waals surface area contributed by atoms with Gasteiger partial charge >= 0.3 is 0 Å². The average molecular weight is 223 g/mol. The van der Waals surface area contributed by atoms with Gasteiger partial charge in [-0.1, -0.05) is 5.21 Å². The van der Waals surface area contributed by atoms with Crippen LogP contribution in [0, 0.1) is 5.92 Å². The molecule has 0 saturated heterocycles. The van der Waals surface area contributed by atoms with E-state index < -0.39 is 0 Å². The highest BCUT2D eigenvalue weighted by molar-refractivity contribution is 5.80. The largest absolute Gasteiger partial charge is 0.355 e. The van der Waals surface area contributed by atoms with Crippen molar-refractivity contribution in [3.05, 3.63) is 11.9 Å². The molecule has 1 amide bonds. The van der Waals surface area contributed by atoms with Gasteiger partial charge in [0.05, 0.1) is 11.9 Å². The molecule has 0 aliphatic heterocycles. The molecule has 1 aliphatic rings. The Kier molecular flexibility index (Phi) is 3.51. The van der Waals surface area contributed by atoms with Crippen LogP contribution in [0.5, 0.6) is 0 Å². The van der Waals surface area contributed by atoms with E-state index in [0.29, 0.717) is 12.5 Å². The zero-order valence-corrected chi connectivity index (χ0v) is 9.44. The normalized spacial score (nSPS) is 15.1. The Hall–Kier alpha value is -1.43. The van der Waals surface area contributed by atoms with Crippen LogP contribution in [0.1, 0.15) is 18.5 Å². The van der Waals surface area contributed by atoms with E-state index in [1.807, 2.05) is 7.05 Å². The van der Waals surface area contributed by atoms with E-state index in [-0.39, 0.29) is 5.91 Å². The SMILES string of the molecule is Cn1nncc1CNCCNC(=O)C1CC1. The first-order chi connectivity index (χ1) is 7.77. The van der Waals surface area contributed by atoms with Crippen molar-refractivity contribution in [1.29, 1.82) is 0 Å². The van der Waals surface area contributed by atoms with E-state index in [9.17, 15) is 4.79 Å². The highest BCUT2D eigenvalue weighted by Gasteiger charge is 2.28. The van der Waals surface area contributed by atoms with E-state index in [0.717, 1.165) is 31.6 Å². The van der Waals surface area contributed by atoms with Gasteiger partial charge in [0.25, 0.3) is 0 Å². The van der Waals surface area contributed by atoms with Crippen LogP contribution in [0.2, 0.25) is 0 Å². The number of carbonyl (C=O) groups is 1. The van der Waals surface area contributed by atoms with Crippen LogP contribution in [-0.4, -0.2) is 34.0 Å². The number of aromatic nitrogens is 3. The molecule has 1 heterocycles. The fourth-order valence-electron chi connectivity index (χ4n) is 1.45. The summed E-state index contributed by atoms with van der Waals surface area (Å²) in [6.07, 6.45) is 3.84. The van der Waals surface area contributed by atoms with Crippen molar-refractivity contribution in [2.45, 2.75) is 19.4 Å². The molecule has 1 aromatic heterocycles. The number of amides is 1. The molecule has 0 unspecified atom stereocenters. The number of rotatable bonds is 6. The van der Waals surface area contributed by atoms with Crippen LogP contribution >= 0.6 is 0 Å². The topological polar surface area (TPSA) is 71.8 Å². The van der Waals surface area contributed by atoms with Gasteiger partial charge in [0.2, 0.25) is 5.91 Å². The molecule has 0 bridgehead atoms. The molecule has 0 atom stereocenters. The van der Waals surface area contributed by atoms with Crippen molar-refractivity contribution in [3.63, 3.8) is 0 Å². The number of carbonyl (C=O) groups excluding carboxylic acids is 1. The predicted molar refractivity (Wildman–Crippen MR) is 58.4 cm³/mol. The lowest BCUT2D eigenvalue weighted by molar-refractivity contribution is -0.122. The first-order valence-corrected chi connectivity index (χ1v) is 5.59. The molecule has 0 aromatic carbocycles. The van der Waals surface area contributed by atoms with Gasteiger partial charge in [-0.25, -0.2) is 0 Å². The summed E-state index contributed by atoms with van der Waals surface area (Å²) in [4.78, 5) is 11.3. The summed E-state index contributed by atoms with van der Waals surface area (Å²) in [6, 6.07) is 0. The van der Waals surface area contributed by atoms with Crippen molar-refractivity contribution >= 4 is 5.91 Å². The van der Waals surface area contributed by atoms with Crippen LogP contribution in [0.15, 0.2) is 6.20 Å². The molecule has 2 N–H and O–H groups in total. The second-order valence-corrected chi connectivity index (χ2v) is 4.09. The average Bonchev–Trinajstić information content (AvgIpc) is 3.04. The molecular formula is C10H17N5O. The van der Waals surface area contributed by atoms with E-state index >= 15 is 0 Å². The zero-order chi connectivity index (χ0) is 11.4. The van der Waals surface area contributed by atoms with Gasteiger partial charge in [0, 0.05) is 32.6 Å². The Morgan fingerprint density at radius 3 is 3.00 bits per heavy atom. The molecule has 6 heteroatoms. The Morgan fingerprint density at radius 1 is 1.56 bits per heavy atom. The third-order valence-corrected chi connectivity index (χ3v) is 2.66. The summed E-state index contributed by atoms with van der Waals surface area (Å²) in [7, 11) is 1.86. The number of hydrogen-bond acceptors (Lipinski definition) is 4. The first-order valence-electron chi connectivity index (χ1n) is 5.59. The van der Waals surface area contributed by atoms with Gasteiger partial charge in [-0.2, -0.15) is 0 Å². The van der Waals surface area contributed by atoms with Gasteiger partial charge in [0.15, 0.2) is 0 Å². The fourth-order valence-corrected chi connectivity index (χ4v) is 1.45. The van der Waals surface area contributed by atoms with Crippen LogP contribution in [0.3, 0.4) is 0 Å². The van der Waals surface area contributed by atoms with Crippen molar-refractivity contribution in [2.24, 2.45) is 13.0 Å². The lowest BCUT2D eigenvalue weighted by Gasteiger charge is -2.05. The molecular weight excluding hydrogens is 206 g/mol. The highest BCUT2D eigenvalue weighted by atomic mass is 16.2. The minimum Gasteiger partial charge on any atom is -0.355 e. The number of aryl methyl sites for hydroxylation is 1. The van der Waals surface area contributed by atoms with Crippen molar-refractivity contribution in [1.82, 2.24) is 25.6 Å². The number of hydrogen-bond donors (Lipinski definition) is 2. The van der Waals surface area contributed by atoms with Gasteiger partial charge in [-0.3, -0.25) is 9.48 Å². The number of nitrogens with one attached hydrogen (secondary N) is 2. The van der Waals surface area contributed by atoms with Gasteiger partial charge in [-0.05, 0) is 12.8 Å². The smallest absolute Gasteiger partial charge is 0.223 e. The summed E-state index contributed by atoms with van der Waals surface area (Å²) in [6.45, 7) is 2.17. The molecule has 0 spiro atoms. The quantitative estimate of drug-likeness (QED) is 0.634. The van der Waals surface area contributed by atoms with Crippen LogP contribution < -0.4 is 10.6 Å². The molecule has 0 radical (unpaired) electrons. The molecule has 1 saturated carbocycles. The van der Waals surface area contributed by atoms with Crippen LogP contribution in [0.25, 0.3) is 0 Å². The van der Waals surface area contributed by atoms with Crippen molar-refractivity contribution in [2.75, 3.05) is 13.1 Å². The fraction of sp³-hybridized carbons (Fsp3) is 0.700. The van der Waals surface area contributed by atoms with E-state index in [1.165, 1.54) is 0 Å². The Morgan fingerprint density at radius 2 is 2.38 bits per heavy atom. The van der Waals surface area contributed by atoms with Crippen molar-refractivity contribution < 1.29 is 4.79 Å². The van der Waals surface area contributed by atoms with Crippen LogP contribution in [0.4, 0.5) is 0 Å². The predicted octanol–water partition coefficient (Wildman–Crippen LogP) is -0.569. The third kappa shape index (κ3) is 3.03. The second-order valence-electron chi connectivity index (χ2n) is 4.09. The molecule has 1 aromatic rings. The lowest BCUT2D eigenvalue weighted by Crippen LogP contribution is -2.32. The van der Waals surface area contributed by atoms with Crippen molar-refractivity contribution in [3.8, 4) is 0 Å². The summed E-state index contributed by atoms with van der Waals surface area (Å²) < 4.78 is 1.73. The molecule has 16 heavy (non-hydrogen) atoms. The maximum atomic E-state index is 11.3. The summed E-state index contributed by atoms with van der Waals surface area (Å²) >= 11 is 0. The second kappa shape index (κ2) is 5.07. The standard InChI is InChI=1S/C10H17N5O/c1-15-9(7-13-14-15)6-11-4-5-12-10(16)8-2-3-8/h7-8,11H,2-6H2,1H3,(H,12,16). The third-order valence-electron chi connectivity index (χ3n) is 2.66. The monoisotopic (exact) mass is 223 g/mol. The lowest BCUT2D eigenvalue weighted by atomic mass is 10.4. The zero-order valence-electron chi connectivity index (χ0n) is 9.44. The van der Waals surface area contributed by atoms with Crippen LogP contribution in [-0.2, 0) is 18.4 Å². The van der Waals surface area contributed by atoms with Gasteiger partial charge < -0.3 is 10.6 Å². The molecule has 6 nitrogen and oxygen atoms in total. The Bertz CT molecular complexity index is 358. The number of nitrogens with zero attached hydrogens (tertiary/aromatic N) is 3. The summed E-state index contributed by atoms with van der Waals surface area (Å²) in [5.41, 5.74) is 1.04. The van der Waals surface area contributed by atoms with Gasteiger partial charge in [0.1, 0.15) is 0 Å². The minimum absolute atomic E-state index is 0.198. The minimum atomic E-state index is 0.198. The highest BCUT2D eigenvalue weighted by Crippen LogP contribution is 2.28.